The summed E-state index contributed by atoms with van der Waals surface area (Å²) in [4.78, 5) is 5.79. The van der Waals surface area contributed by atoms with Gasteiger partial charge in [-0.15, -0.1) is 11.8 Å². The van der Waals surface area contributed by atoms with Crippen LogP contribution in [0.4, 0.5) is 0 Å². The molecule has 112 valence electrons. The van der Waals surface area contributed by atoms with Gasteiger partial charge in [-0.25, -0.2) is 0 Å². The summed E-state index contributed by atoms with van der Waals surface area (Å²) >= 11 is 1.74. The van der Waals surface area contributed by atoms with Gasteiger partial charge in [0.05, 0.1) is 11.8 Å². The molecule has 0 spiro atoms. The van der Waals surface area contributed by atoms with Crippen LogP contribution >= 0.6 is 11.8 Å². The van der Waals surface area contributed by atoms with Crippen molar-refractivity contribution >= 4 is 11.8 Å². The van der Waals surface area contributed by atoms with E-state index in [0.29, 0.717) is 5.92 Å². The Bertz CT molecular complexity index is 581. The fraction of sp³-hybridized carbons (Fsp3) is 0.500. The molecule has 0 radical (unpaired) electrons. The maximum absolute atomic E-state index is 5.45. The third-order valence-corrected chi connectivity index (χ3v) is 4.92. The van der Waals surface area contributed by atoms with Gasteiger partial charge in [0, 0.05) is 4.90 Å². The third-order valence-electron chi connectivity index (χ3n) is 3.91. The van der Waals surface area contributed by atoms with Gasteiger partial charge in [0.15, 0.2) is 5.82 Å². The van der Waals surface area contributed by atoms with Crippen LogP contribution in [0.1, 0.15) is 43.1 Å². The summed E-state index contributed by atoms with van der Waals surface area (Å²) in [7, 11) is 0. The number of rotatable bonds is 4. The van der Waals surface area contributed by atoms with E-state index in [9.17, 15) is 0 Å². The molecule has 2 aromatic rings. The zero-order valence-electron chi connectivity index (χ0n) is 12.5. The number of hydrogen-bond donors (Lipinski definition) is 1. The largest absolute Gasteiger partial charge is 0.338 e. The van der Waals surface area contributed by atoms with E-state index in [4.69, 9.17) is 4.52 Å². The van der Waals surface area contributed by atoms with Crippen LogP contribution in [0.3, 0.4) is 0 Å². The van der Waals surface area contributed by atoms with Crippen molar-refractivity contribution < 1.29 is 4.52 Å². The van der Waals surface area contributed by atoms with Gasteiger partial charge >= 0.3 is 0 Å². The molecular formula is C16H21N3OS. The van der Waals surface area contributed by atoms with Gasteiger partial charge in [-0.2, -0.15) is 4.98 Å². The SMILES string of the molecule is Cc1ccc(SCc2noc(C3NCCCC3C)n2)cc1. The number of nitrogens with one attached hydrogen (secondary N) is 1. The average molecular weight is 303 g/mol. The van der Waals surface area contributed by atoms with Crippen LogP contribution in [-0.2, 0) is 5.75 Å². The fourth-order valence-corrected chi connectivity index (χ4v) is 3.36. The molecule has 1 aliphatic rings. The number of thioether (sulfide) groups is 1. The van der Waals surface area contributed by atoms with Crippen LogP contribution < -0.4 is 5.32 Å². The Morgan fingerprint density at radius 1 is 1.33 bits per heavy atom. The summed E-state index contributed by atoms with van der Waals surface area (Å²) in [6.07, 6.45) is 2.44. The van der Waals surface area contributed by atoms with Crippen LogP contribution in [0.5, 0.6) is 0 Å². The second-order valence-corrected chi connectivity index (χ2v) is 6.75. The van der Waals surface area contributed by atoms with Crippen molar-refractivity contribution in [2.75, 3.05) is 6.54 Å². The summed E-state index contributed by atoms with van der Waals surface area (Å²) in [5.41, 5.74) is 1.28. The monoisotopic (exact) mass is 303 g/mol. The normalized spacial score (nSPS) is 22.4. The molecule has 21 heavy (non-hydrogen) atoms. The number of nitrogens with zero attached hydrogens (tertiary/aromatic N) is 2. The molecule has 0 saturated carbocycles. The highest BCUT2D eigenvalue weighted by molar-refractivity contribution is 7.98. The highest BCUT2D eigenvalue weighted by Gasteiger charge is 2.27. The number of aromatic nitrogens is 2. The first-order chi connectivity index (χ1) is 10.2. The average Bonchev–Trinajstić information content (AvgIpc) is 2.96. The minimum Gasteiger partial charge on any atom is -0.338 e. The lowest BCUT2D eigenvalue weighted by molar-refractivity contribution is 0.239. The summed E-state index contributed by atoms with van der Waals surface area (Å²) in [5, 5.41) is 7.59. The minimum atomic E-state index is 0.212. The number of piperidine rings is 1. The standard InChI is InChI=1S/C16H21N3OS/c1-11-5-7-13(8-6-11)21-10-14-18-16(20-19-14)15-12(2)4-3-9-17-15/h5-8,12,15,17H,3-4,9-10H2,1-2H3. The highest BCUT2D eigenvalue weighted by Crippen LogP contribution is 2.28. The van der Waals surface area contributed by atoms with E-state index in [-0.39, 0.29) is 6.04 Å². The van der Waals surface area contributed by atoms with Gasteiger partial charge in [0.25, 0.3) is 0 Å². The molecule has 1 saturated heterocycles. The lowest BCUT2D eigenvalue weighted by Gasteiger charge is -2.26. The highest BCUT2D eigenvalue weighted by atomic mass is 32.2. The summed E-state index contributed by atoms with van der Waals surface area (Å²) < 4.78 is 5.45. The zero-order chi connectivity index (χ0) is 14.7. The van der Waals surface area contributed by atoms with E-state index >= 15 is 0 Å². The molecule has 1 aliphatic heterocycles. The van der Waals surface area contributed by atoms with E-state index in [1.807, 2.05) is 0 Å². The van der Waals surface area contributed by atoms with Crippen LogP contribution in [0.25, 0.3) is 0 Å². The van der Waals surface area contributed by atoms with Crippen LogP contribution in [0.2, 0.25) is 0 Å². The van der Waals surface area contributed by atoms with Crippen LogP contribution in [-0.4, -0.2) is 16.7 Å². The summed E-state index contributed by atoms with van der Waals surface area (Å²) in [6.45, 7) is 5.37. The van der Waals surface area contributed by atoms with Crippen molar-refractivity contribution in [3.8, 4) is 0 Å². The Kier molecular flexibility index (Phi) is 4.60. The molecule has 0 amide bonds. The van der Waals surface area contributed by atoms with Crippen molar-refractivity contribution in [1.82, 2.24) is 15.5 Å². The number of hydrogen-bond acceptors (Lipinski definition) is 5. The zero-order valence-corrected chi connectivity index (χ0v) is 13.3. The molecule has 0 aliphatic carbocycles. The van der Waals surface area contributed by atoms with Gasteiger partial charge in [-0.3, -0.25) is 0 Å². The van der Waals surface area contributed by atoms with E-state index < -0.39 is 0 Å². The predicted octanol–water partition coefficient (Wildman–Crippen LogP) is 3.73. The van der Waals surface area contributed by atoms with Crippen LogP contribution in [0, 0.1) is 12.8 Å². The third kappa shape index (κ3) is 3.66. The molecule has 0 bridgehead atoms. The first-order valence-electron chi connectivity index (χ1n) is 7.48. The Morgan fingerprint density at radius 2 is 2.14 bits per heavy atom. The first-order valence-corrected chi connectivity index (χ1v) is 8.46. The molecule has 1 aromatic carbocycles. The first kappa shape index (κ1) is 14.6. The van der Waals surface area contributed by atoms with Crippen molar-refractivity contribution in [3.63, 3.8) is 0 Å². The maximum Gasteiger partial charge on any atom is 0.244 e. The van der Waals surface area contributed by atoms with Crippen molar-refractivity contribution in [3.05, 3.63) is 41.5 Å². The van der Waals surface area contributed by atoms with E-state index in [2.05, 4.69) is 53.6 Å². The van der Waals surface area contributed by atoms with Crippen LogP contribution in [0.15, 0.2) is 33.7 Å². The van der Waals surface area contributed by atoms with Gasteiger partial charge in [-0.1, -0.05) is 29.8 Å². The Hall–Kier alpha value is -1.33. The molecular weight excluding hydrogens is 282 g/mol. The number of aryl methyl sites for hydroxylation is 1. The fourth-order valence-electron chi connectivity index (χ4n) is 2.61. The molecule has 1 fully saturated rings. The lowest BCUT2D eigenvalue weighted by atomic mass is 9.93. The van der Waals surface area contributed by atoms with Gasteiger partial charge in [0.2, 0.25) is 5.89 Å². The number of benzene rings is 1. The van der Waals surface area contributed by atoms with Crippen molar-refractivity contribution in [1.29, 1.82) is 0 Å². The molecule has 1 N–H and O–H groups in total. The molecule has 2 heterocycles. The van der Waals surface area contributed by atoms with E-state index in [1.54, 1.807) is 11.8 Å². The Balaban J connectivity index is 1.61. The van der Waals surface area contributed by atoms with Gasteiger partial charge < -0.3 is 9.84 Å². The second kappa shape index (κ2) is 6.62. The minimum absolute atomic E-state index is 0.212. The molecule has 5 heteroatoms. The molecule has 1 aromatic heterocycles. The Labute approximate surface area is 129 Å². The lowest BCUT2D eigenvalue weighted by Crippen LogP contribution is -2.33. The summed E-state index contributed by atoms with van der Waals surface area (Å²) in [6, 6.07) is 8.72. The smallest absolute Gasteiger partial charge is 0.244 e. The molecule has 2 atom stereocenters. The topological polar surface area (TPSA) is 51.0 Å². The van der Waals surface area contributed by atoms with E-state index in [0.717, 1.165) is 24.0 Å². The second-order valence-electron chi connectivity index (χ2n) is 5.70. The maximum atomic E-state index is 5.45. The van der Waals surface area contributed by atoms with Gasteiger partial charge in [0.1, 0.15) is 0 Å². The molecule has 2 unspecified atom stereocenters. The summed E-state index contributed by atoms with van der Waals surface area (Å²) in [5.74, 6) is 2.81. The molecule has 4 nitrogen and oxygen atoms in total. The van der Waals surface area contributed by atoms with Gasteiger partial charge in [-0.05, 0) is 44.4 Å². The van der Waals surface area contributed by atoms with Crippen molar-refractivity contribution in [2.24, 2.45) is 5.92 Å². The Morgan fingerprint density at radius 3 is 2.90 bits per heavy atom. The van der Waals surface area contributed by atoms with E-state index in [1.165, 1.54) is 23.3 Å². The molecule has 3 rings (SSSR count). The van der Waals surface area contributed by atoms with Crippen molar-refractivity contribution in [2.45, 2.75) is 43.4 Å². The predicted molar refractivity (Wildman–Crippen MR) is 84.2 cm³/mol. The quantitative estimate of drug-likeness (QED) is 0.872.